The molecule has 0 radical (unpaired) electrons. The molecule has 0 amide bonds. The van der Waals surface area contributed by atoms with Crippen LogP contribution in [-0.4, -0.2) is 64.2 Å². The Morgan fingerprint density at radius 3 is 2.25 bits per heavy atom. The standard InChI is InChI=1S/C20H24N2O5S/c1-3-21-8-10-22(11-9-21)28(23,24)16-6-4-15(5-7-16)17-12-19-20(27-14-26-19)13-18(17)25-2/h4-7,12-13H,3,8-11,14H2,1-2H3. The predicted octanol–water partition coefficient (Wildman–Crippen LogP) is 2.42. The van der Waals surface area contributed by atoms with Crippen molar-refractivity contribution in [1.29, 1.82) is 0 Å². The highest BCUT2D eigenvalue weighted by molar-refractivity contribution is 7.89. The van der Waals surface area contributed by atoms with Crippen molar-refractivity contribution in [2.45, 2.75) is 11.8 Å². The molecule has 0 aromatic heterocycles. The second kappa shape index (κ2) is 7.62. The van der Waals surface area contributed by atoms with Gasteiger partial charge in [0.1, 0.15) is 5.75 Å². The van der Waals surface area contributed by atoms with Gasteiger partial charge in [-0.25, -0.2) is 8.42 Å². The molecule has 0 unspecified atom stereocenters. The zero-order chi connectivity index (χ0) is 19.7. The number of methoxy groups -OCH3 is 1. The molecular weight excluding hydrogens is 380 g/mol. The first kappa shape index (κ1) is 19.0. The Labute approximate surface area is 165 Å². The summed E-state index contributed by atoms with van der Waals surface area (Å²) >= 11 is 0. The second-order valence-corrected chi connectivity index (χ2v) is 8.71. The van der Waals surface area contributed by atoms with Gasteiger partial charge in [-0.2, -0.15) is 4.31 Å². The van der Waals surface area contributed by atoms with Crippen LogP contribution in [0.2, 0.25) is 0 Å². The Morgan fingerprint density at radius 2 is 1.64 bits per heavy atom. The summed E-state index contributed by atoms with van der Waals surface area (Å²) in [6, 6.07) is 10.6. The van der Waals surface area contributed by atoms with Gasteiger partial charge < -0.3 is 19.1 Å². The molecular formula is C20H24N2O5S. The molecule has 2 heterocycles. The van der Waals surface area contributed by atoms with Crippen LogP contribution in [0.25, 0.3) is 11.1 Å². The molecule has 7 nitrogen and oxygen atoms in total. The summed E-state index contributed by atoms with van der Waals surface area (Å²) < 4.78 is 43.8. The number of ether oxygens (including phenoxy) is 3. The van der Waals surface area contributed by atoms with Gasteiger partial charge in [0, 0.05) is 37.8 Å². The number of nitrogens with zero attached hydrogens (tertiary/aromatic N) is 2. The first-order valence-electron chi connectivity index (χ1n) is 9.33. The van der Waals surface area contributed by atoms with Gasteiger partial charge in [-0.3, -0.25) is 0 Å². The van der Waals surface area contributed by atoms with Crippen molar-refractivity contribution in [2.75, 3.05) is 46.6 Å². The first-order chi connectivity index (χ1) is 13.5. The molecule has 0 saturated carbocycles. The molecule has 0 spiro atoms. The second-order valence-electron chi connectivity index (χ2n) is 6.77. The molecule has 0 bridgehead atoms. The van der Waals surface area contributed by atoms with Crippen LogP contribution in [0.15, 0.2) is 41.3 Å². The summed E-state index contributed by atoms with van der Waals surface area (Å²) in [5.41, 5.74) is 1.68. The smallest absolute Gasteiger partial charge is 0.243 e. The third-order valence-corrected chi connectivity index (χ3v) is 7.19. The third kappa shape index (κ3) is 3.43. The SMILES string of the molecule is CCN1CCN(S(=O)(=O)c2ccc(-c3cc4c(cc3OC)OCO4)cc2)CC1. The topological polar surface area (TPSA) is 68.3 Å². The largest absolute Gasteiger partial charge is 0.496 e. The minimum atomic E-state index is -3.49. The molecule has 0 atom stereocenters. The first-order valence-corrected chi connectivity index (χ1v) is 10.8. The summed E-state index contributed by atoms with van der Waals surface area (Å²) in [6.07, 6.45) is 0. The molecule has 0 N–H and O–H groups in total. The maximum atomic E-state index is 13.0. The van der Waals surface area contributed by atoms with Crippen LogP contribution in [0.3, 0.4) is 0 Å². The van der Waals surface area contributed by atoms with Crippen molar-refractivity contribution in [2.24, 2.45) is 0 Å². The lowest BCUT2D eigenvalue weighted by molar-refractivity contribution is 0.174. The average Bonchev–Trinajstić information content (AvgIpc) is 3.20. The van der Waals surface area contributed by atoms with E-state index in [4.69, 9.17) is 14.2 Å². The summed E-state index contributed by atoms with van der Waals surface area (Å²) in [7, 11) is -1.89. The van der Waals surface area contributed by atoms with Crippen molar-refractivity contribution in [3.63, 3.8) is 0 Å². The number of benzene rings is 2. The fourth-order valence-electron chi connectivity index (χ4n) is 3.56. The van der Waals surface area contributed by atoms with Crippen molar-refractivity contribution in [3.8, 4) is 28.4 Å². The molecule has 2 aliphatic heterocycles. The zero-order valence-corrected chi connectivity index (χ0v) is 16.9. The van der Waals surface area contributed by atoms with Crippen molar-refractivity contribution >= 4 is 10.0 Å². The molecule has 1 fully saturated rings. The molecule has 1 saturated heterocycles. The fraction of sp³-hybridized carbons (Fsp3) is 0.400. The summed E-state index contributed by atoms with van der Waals surface area (Å²) in [4.78, 5) is 2.56. The van der Waals surface area contributed by atoms with E-state index in [2.05, 4.69) is 11.8 Å². The fourth-order valence-corrected chi connectivity index (χ4v) is 4.98. The predicted molar refractivity (Wildman–Crippen MR) is 105 cm³/mol. The number of fused-ring (bicyclic) bond motifs is 1. The molecule has 28 heavy (non-hydrogen) atoms. The Morgan fingerprint density at radius 1 is 1.00 bits per heavy atom. The number of likely N-dealkylation sites (N-methyl/N-ethyl adjacent to an activating group) is 1. The number of hydrogen-bond donors (Lipinski definition) is 0. The summed E-state index contributed by atoms with van der Waals surface area (Å²) in [5, 5.41) is 0. The number of sulfonamides is 1. The highest BCUT2D eigenvalue weighted by Crippen LogP contribution is 2.42. The zero-order valence-electron chi connectivity index (χ0n) is 16.1. The van der Waals surface area contributed by atoms with Gasteiger partial charge in [-0.15, -0.1) is 0 Å². The Balaban J connectivity index is 1.59. The lowest BCUT2D eigenvalue weighted by atomic mass is 10.0. The molecule has 150 valence electrons. The molecule has 2 aromatic rings. The van der Waals surface area contributed by atoms with E-state index in [0.717, 1.165) is 30.8 Å². The van der Waals surface area contributed by atoms with Gasteiger partial charge in [-0.05, 0) is 30.3 Å². The van der Waals surface area contributed by atoms with Crippen molar-refractivity contribution in [3.05, 3.63) is 36.4 Å². The van der Waals surface area contributed by atoms with E-state index in [0.29, 0.717) is 35.2 Å². The minimum Gasteiger partial charge on any atom is -0.496 e. The highest BCUT2D eigenvalue weighted by Gasteiger charge is 2.28. The van der Waals surface area contributed by atoms with E-state index >= 15 is 0 Å². The molecule has 2 aliphatic rings. The number of piperazine rings is 1. The summed E-state index contributed by atoms with van der Waals surface area (Å²) in [6.45, 7) is 5.80. The lowest BCUT2D eigenvalue weighted by Gasteiger charge is -2.33. The minimum absolute atomic E-state index is 0.185. The van der Waals surface area contributed by atoms with Crippen LogP contribution in [0, 0.1) is 0 Å². The average molecular weight is 404 g/mol. The van der Waals surface area contributed by atoms with Crippen molar-refractivity contribution in [1.82, 2.24) is 9.21 Å². The van der Waals surface area contributed by atoms with E-state index in [-0.39, 0.29) is 6.79 Å². The van der Waals surface area contributed by atoms with Gasteiger partial charge in [0.15, 0.2) is 11.5 Å². The molecule has 0 aliphatic carbocycles. The van der Waals surface area contributed by atoms with E-state index < -0.39 is 10.0 Å². The van der Waals surface area contributed by atoms with E-state index in [9.17, 15) is 8.42 Å². The number of hydrogen-bond acceptors (Lipinski definition) is 6. The maximum Gasteiger partial charge on any atom is 0.243 e. The Kier molecular flexibility index (Phi) is 5.18. The van der Waals surface area contributed by atoms with E-state index in [1.807, 2.05) is 6.07 Å². The van der Waals surface area contributed by atoms with Gasteiger partial charge in [0.05, 0.1) is 12.0 Å². The van der Waals surface area contributed by atoms with Crippen molar-refractivity contribution < 1.29 is 22.6 Å². The van der Waals surface area contributed by atoms with Gasteiger partial charge >= 0.3 is 0 Å². The van der Waals surface area contributed by atoms with Crippen LogP contribution in [0.5, 0.6) is 17.2 Å². The van der Waals surface area contributed by atoms with Crippen LogP contribution < -0.4 is 14.2 Å². The Hall–Kier alpha value is -2.29. The quantitative estimate of drug-likeness (QED) is 0.762. The monoisotopic (exact) mass is 404 g/mol. The lowest BCUT2D eigenvalue weighted by Crippen LogP contribution is -2.48. The number of rotatable bonds is 5. The Bertz CT molecular complexity index is 951. The van der Waals surface area contributed by atoms with Gasteiger partial charge in [0.2, 0.25) is 16.8 Å². The van der Waals surface area contributed by atoms with Crippen LogP contribution >= 0.6 is 0 Å². The third-order valence-electron chi connectivity index (χ3n) is 5.28. The molecule has 2 aromatic carbocycles. The highest BCUT2D eigenvalue weighted by atomic mass is 32.2. The van der Waals surface area contributed by atoms with E-state index in [1.54, 1.807) is 41.7 Å². The van der Waals surface area contributed by atoms with E-state index in [1.165, 1.54) is 0 Å². The van der Waals surface area contributed by atoms with Crippen LogP contribution in [0.4, 0.5) is 0 Å². The van der Waals surface area contributed by atoms with Crippen LogP contribution in [-0.2, 0) is 10.0 Å². The summed E-state index contributed by atoms with van der Waals surface area (Å²) in [5.74, 6) is 1.95. The van der Waals surface area contributed by atoms with Gasteiger partial charge in [0.25, 0.3) is 0 Å². The van der Waals surface area contributed by atoms with Gasteiger partial charge in [-0.1, -0.05) is 19.1 Å². The normalized spacial score (nSPS) is 17.6. The molecule has 8 heteroatoms. The van der Waals surface area contributed by atoms with Crippen LogP contribution in [0.1, 0.15) is 6.92 Å². The maximum absolute atomic E-state index is 13.0. The molecule has 4 rings (SSSR count).